The number of nitrogens with zero attached hydrogens (tertiary/aromatic N) is 1. The average Bonchev–Trinajstić information content (AvgIpc) is 2.40. The summed E-state index contributed by atoms with van der Waals surface area (Å²) in [4.78, 5) is 4.39. The van der Waals surface area contributed by atoms with Gasteiger partial charge in [0.15, 0.2) is 0 Å². The molecule has 102 valence electrons. The largest absolute Gasteiger partial charge is 0.508 e. The fourth-order valence-electron chi connectivity index (χ4n) is 2.28. The Bertz CT molecular complexity index is 539. The molecule has 1 atom stereocenters. The molecular weight excluding hydrogens is 236 g/mol. The summed E-state index contributed by atoms with van der Waals surface area (Å²) in [5.41, 5.74) is 0. The van der Waals surface area contributed by atoms with Gasteiger partial charge >= 0.3 is 0 Å². The summed E-state index contributed by atoms with van der Waals surface area (Å²) in [5.74, 6) is 1.14. The molecule has 0 spiro atoms. The van der Waals surface area contributed by atoms with Gasteiger partial charge in [-0.3, -0.25) is 0 Å². The number of fused-ring (bicyclic) bond motifs is 1. The normalized spacial score (nSPS) is 12.5. The SMILES string of the molecule is CCCCCC(C)Nc1nccc2ccc(O)cc12. The molecule has 2 aromatic rings. The van der Waals surface area contributed by atoms with Gasteiger partial charge in [0.2, 0.25) is 0 Å². The lowest BCUT2D eigenvalue weighted by molar-refractivity contribution is 0.476. The minimum atomic E-state index is 0.280. The van der Waals surface area contributed by atoms with Crippen molar-refractivity contribution >= 4 is 16.6 Å². The maximum absolute atomic E-state index is 9.61. The van der Waals surface area contributed by atoms with Gasteiger partial charge in [-0.05, 0) is 36.9 Å². The number of hydrogen-bond acceptors (Lipinski definition) is 3. The Labute approximate surface area is 114 Å². The number of unbranched alkanes of at least 4 members (excludes halogenated alkanes) is 2. The van der Waals surface area contributed by atoms with E-state index >= 15 is 0 Å². The zero-order valence-electron chi connectivity index (χ0n) is 11.7. The Balaban J connectivity index is 2.13. The van der Waals surface area contributed by atoms with Crippen LogP contribution in [0.2, 0.25) is 0 Å². The van der Waals surface area contributed by atoms with E-state index in [0.29, 0.717) is 6.04 Å². The van der Waals surface area contributed by atoms with E-state index in [2.05, 4.69) is 24.1 Å². The highest BCUT2D eigenvalue weighted by Crippen LogP contribution is 2.25. The van der Waals surface area contributed by atoms with E-state index in [-0.39, 0.29) is 5.75 Å². The lowest BCUT2D eigenvalue weighted by Crippen LogP contribution is -2.16. The first-order chi connectivity index (χ1) is 9.20. The van der Waals surface area contributed by atoms with Crippen LogP contribution in [0.25, 0.3) is 10.8 Å². The smallest absolute Gasteiger partial charge is 0.134 e. The van der Waals surface area contributed by atoms with Gasteiger partial charge in [-0.25, -0.2) is 4.98 Å². The van der Waals surface area contributed by atoms with Crippen LogP contribution >= 0.6 is 0 Å². The van der Waals surface area contributed by atoms with Gasteiger partial charge in [0.05, 0.1) is 0 Å². The molecule has 0 saturated heterocycles. The fraction of sp³-hybridized carbons (Fsp3) is 0.438. The van der Waals surface area contributed by atoms with Crippen molar-refractivity contribution in [1.29, 1.82) is 0 Å². The minimum absolute atomic E-state index is 0.280. The predicted molar refractivity (Wildman–Crippen MR) is 80.6 cm³/mol. The van der Waals surface area contributed by atoms with Crippen molar-refractivity contribution in [2.75, 3.05) is 5.32 Å². The quantitative estimate of drug-likeness (QED) is 0.758. The van der Waals surface area contributed by atoms with Crippen LogP contribution in [0.5, 0.6) is 5.75 Å². The molecular formula is C16H22N2O. The second kappa shape index (κ2) is 6.41. The lowest BCUT2D eigenvalue weighted by Gasteiger charge is -2.15. The first kappa shape index (κ1) is 13.7. The van der Waals surface area contributed by atoms with E-state index in [1.54, 1.807) is 18.3 Å². The van der Waals surface area contributed by atoms with Gasteiger partial charge in [0.25, 0.3) is 0 Å². The number of aromatic nitrogens is 1. The Hall–Kier alpha value is -1.77. The van der Waals surface area contributed by atoms with E-state index in [9.17, 15) is 5.11 Å². The number of phenolic OH excluding ortho intramolecular Hbond substituents is 1. The molecule has 0 saturated carbocycles. The summed E-state index contributed by atoms with van der Waals surface area (Å²) in [6.45, 7) is 4.39. The molecule has 1 unspecified atom stereocenters. The third-order valence-corrected chi connectivity index (χ3v) is 3.37. The highest BCUT2D eigenvalue weighted by atomic mass is 16.3. The molecule has 19 heavy (non-hydrogen) atoms. The Morgan fingerprint density at radius 3 is 2.89 bits per heavy atom. The van der Waals surface area contributed by atoms with Crippen LogP contribution in [0.15, 0.2) is 30.5 Å². The summed E-state index contributed by atoms with van der Waals surface area (Å²) in [7, 11) is 0. The predicted octanol–water partition coefficient (Wildman–Crippen LogP) is 4.32. The van der Waals surface area contributed by atoms with Crippen molar-refractivity contribution in [3.63, 3.8) is 0 Å². The van der Waals surface area contributed by atoms with Gasteiger partial charge in [-0.1, -0.05) is 32.3 Å². The third kappa shape index (κ3) is 3.60. The van der Waals surface area contributed by atoms with Crippen molar-refractivity contribution in [3.05, 3.63) is 30.5 Å². The van der Waals surface area contributed by atoms with Crippen molar-refractivity contribution in [1.82, 2.24) is 4.98 Å². The Morgan fingerprint density at radius 2 is 2.11 bits per heavy atom. The molecule has 0 radical (unpaired) electrons. The summed E-state index contributed by atoms with van der Waals surface area (Å²) in [6, 6.07) is 7.74. The summed E-state index contributed by atoms with van der Waals surface area (Å²) >= 11 is 0. The molecule has 2 rings (SSSR count). The minimum Gasteiger partial charge on any atom is -0.508 e. The molecule has 2 N–H and O–H groups in total. The van der Waals surface area contributed by atoms with Gasteiger partial charge < -0.3 is 10.4 Å². The maximum atomic E-state index is 9.61. The van der Waals surface area contributed by atoms with Gasteiger partial charge in [-0.2, -0.15) is 0 Å². The first-order valence-electron chi connectivity index (χ1n) is 7.05. The molecule has 0 bridgehead atoms. The number of hydrogen-bond donors (Lipinski definition) is 2. The number of aromatic hydroxyl groups is 1. The number of rotatable bonds is 6. The molecule has 0 aliphatic carbocycles. The van der Waals surface area contributed by atoms with Crippen LogP contribution < -0.4 is 5.32 Å². The van der Waals surface area contributed by atoms with Crippen molar-refractivity contribution in [2.45, 2.75) is 45.6 Å². The molecule has 0 aliphatic rings. The molecule has 1 aromatic carbocycles. The lowest BCUT2D eigenvalue weighted by atomic mass is 10.1. The highest BCUT2D eigenvalue weighted by Gasteiger charge is 2.07. The van der Waals surface area contributed by atoms with Crippen LogP contribution in [0.4, 0.5) is 5.82 Å². The van der Waals surface area contributed by atoms with E-state index in [1.165, 1.54) is 19.3 Å². The zero-order valence-corrected chi connectivity index (χ0v) is 11.7. The van der Waals surface area contributed by atoms with Gasteiger partial charge in [-0.15, -0.1) is 0 Å². The van der Waals surface area contributed by atoms with E-state index < -0.39 is 0 Å². The second-order valence-electron chi connectivity index (χ2n) is 5.11. The molecule has 1 aromatic heterocycles. The van der Waals surface area contributed by atoms with Crippen molar-refractivity contribution in [2.24, 2.45) is 0 Å². The van der Waals surface area contributed by atoms with Gasteiger partial charge in [0.1, 0.15) is 11.6 Å². The second-order valence-corrected chi connectivity index (χ2v) is 5.11. The Morgan fingerprint density at radius 1 is 1.26 bits per heavy atom. The van der Waals surface area contributed by atoms with Gasteiger partial charge in [0, 0.05) is 17.6 Å². The maximum Gasteiger partial charge on any atom is 0.134 e. The standard InChI is InChI=1S/C16H22N2O/c1-3-4-5-6-12(2)18-16-15-11-14(19)8-7-13(15)9-10-17-16/h7-12,19H,3-6H2,1-2H3,(H,17,18). The molecule has 1 heterocycles. The molecule has 3 nitrogen and oxygen atoms in total. The van der Waals surface area contributed by atoms with Crippen LogP contribution in [0.1, 0.15) is 39.5 Å². The monoisotopic (exact) mass is 258 g/mol. The summed E-state index contributed by atoms with van der Waals surface area (Å²) < 4.78 is 0. The summed E-state index contributed by atoms with van der Waals surface area (Å²) in [6.07, 6.45) is 6.70. The van der Waals surface area contributed by atoms with Crippen molar-refractivity contribution in [3.8, 4) is 5.75 Å². The third-order valence-electron chi connectivity index (χ3n) is 3.37. The summed E-state index contributed by atoms with van der Waals surface area (Å²) in [5, 5.41) is 15.1. The number of pyridine rings is 1. The number of anilines is 1. The molecule has 0 amide bonds. The zero-order chi connectivity index (χ0) is 13.7. The number of phenols is 1. The van der Waals surface area contributed by atoms with E-state index in [1.807, 2.05) is 12.1 Å². The van der Waals surface area contributed by atoms with Crippen LogP contribution in [0.3, 0.4) is 0 Å². The Kier molecular flexibility index (Phi) is 4.61. The molecule has 0 aliphatic heterocycles. The number of benzene rings is 1. The average molecular weight is 258 g/mol. The number of nitrogens with one attached hydrogen (secondary N) is 1. The highest BCUT2D eigenvalue weighted by molar-refractivity contribution is 5.92. The first-order valence-corrected chi connectivity index (χ1v) is 7.05. The van der Waals surface area contributed by atoms with Crippen LogP contribution in [0, 0.1) is 0 Å². The fourth-order valence-corrected chi connectivity index (χ4v) is 2.28. The van der Waals surface area contributed by atoms with Crippen LogP contribution in [-0.2, 0) is 0 Å². The van der Waals surface area contributed by atoms with Crippen LogP contribution in [-0.4, -0.2) is 16.1 Å². The van der Waals surface area contributed by atoms with E-state index in [4.69, 9.17) is 0 Å². The molecule has 3 heteroatoms. The topological polar surface area (TPSA) is 45.2 Å². The molecule has 0 fully saturated rings. The van der Waals surface area contributed by atoms with E-state index in [0.717, 1.165) is 23.0 Å². The van der Waals surface area contributed by atoms with Crippen molar-refractivity contribution < 1.29 is 5.11 Å².